The molecule has 7 nitrogen and oxygen atoms in total. The summed E-state index contributed by atoms with van der Waals surface area (Å²) in [5.74, 6) is -0.654. The van der Waals surface area contributed by atoms with Gasteiger partial charge in [-0.2, -0.15) is 13.2 Å². The lowest BCUT2D eigenvalue weighted by Gasteiger charge is -2.20. The van der Waals surface area contributed by atoms with E-state index < -0.39 is 29.4 Å². The maximum atomic E-state index is 13.2. The zero-order valence-corrected chi connectivity index (χ0v) is 17.6. The molecule has 0 unspecified atom stereocenters. The first-order valence-corrected chi connectivity index (χ1v) is 9.61. The SMILES string of the molecule is CCOC(=O)c1c(CC)c2cc(C(F)(F)F)cnc2n1CCNC(=O)OC(C)(C)C. The van der Waals surface area contributed by atoms with Crippen LogP contribution < -0.4 is 5.32 Å². The molecule has 2 rings (SSSR count). The molecule has 0 aliphatic rings. The van der Waals surface area contributed by atoms with Gasteiger partial charge in [-0.05, 0) is 45.7 Å². The summed E-state index contributed by atoms with van der Waals surface area (Å²) < 4.78 is 51.2. The highest BCUT2D eigenvalue weighted by Gasteiger charge is 2.33. The van der Waals surface area contributed by atoms with E-state index in [1.165, 1.54) is 4.57 Å². The van der Waals surface area contributed by atoms with Crippen LogP contribution in [0, 0.1) is 0 Å². The summed E-state index contributed by atoms with van der Waals surface area (Å²) in [5.41, 5.74) is -0.810. The molecule has 0 fully saturated rings. The number of aryl methyl sites for hydroxylation is 1. The second-order valence-electron chi connectivity index (χ2n) is 7.57. The Labute approximate surface area is 172 Å². The minimum atomic E-state index is -4.56. The number of hydrogen-bond acceptors (Lipinski definition) is 5. The molecule has 0 aliphatic carbocycles. The zero-order valence-electron chi connectivity index (χ0n) is 17.6. The van der Waals surface area contributed by atoms with Crippen molar-refractivity contribution in [2.75, 3.05) is 13.2 Å². The standard InChI is InChI=1S/C20H26F3N3O4/c1-6-13-14-10-12(20(21,22)23)11-25-16(14)26(15(13)17(27)29-7-2)9-8-24-18(28)30-19(3,4)5/h10-11H,6-9H2,1-5H3,(H,24,28). The Kier molecular flexibility index (Phi) is 6.99. The van der Waals surface area contributed by atoms with E-state index in [2.05, 4.69) is 10.3 Å². The Hall–Kier alpha value is -2.78. The van der Waals surface area contributed by atoms with Crippen molar-refractivity contribution in [2.45, 2.75) is 59.4 Å². The molecule has 2 aromatic rings. The molecule has 0 aliphatic heterocycles. The number of alkyl carbamates (subject to hydrolysis) is 1. The highest BCUT2D eigenvalue weighted by Crippen LogP contribution is 2.33. The number of nitrogens with zero attached hydrogens (tertiary/aromatic N) is 2. The number of ether oxygens (including phenoxy) is 2. The summed E-state index contributed by atoms with van der Waals surface area (Å²) in [5, 5.41) is 2.80. The number of hydrogen-bond donors (Lipinski definition) is 1. The van der Waals surface area contributed by atoms with Gasteiger partial charge in [-0.1, -0.05) is 6.92 Å². The topological polar surface area (TPSA) is 82.5 Å². The van der Waals surface area contributed by atoms with Gasteiger partial charge in [0.1, 0.15) is 16.9 Å². The normalized spacial score (nSPS) is 12.1. The third-order valence-corrected chi connectivity index (χ3v) is 4.16. The van der Waals surface area contributed by atoms with Gasteiger partial charge in [-0.15, -0.1) is 0 Å². The molecule has 30 heavy (non-hydrogen) atoms. The van der Waals surface area contributed by atoms with Gasteiger partial charge in [0.15, 0.2) is 0 Å². The predicted octanol–water partition coefficient (Wildman–Crippen LogP) is 4.32. The van der Waals surface area contributed by atoms with Crippen molar-refractivity contribution < 1.29 is 32.2 Å². The molecular weight excluding hydrogens is 403 g/mol. The molecular formula is C20H26F3N3O4. The number of nitrogens with one attached hydrogen (secondary N) is 1. The number of carbonyl (C=O) groups is 2. The van der Waals surface area contributed by atoms with Crippen molar-refractivity contribution in [1.82, 2.24) is 14.9 Å². The van der Waals surface area contributed by atoms with E-state index in [1.54, 1.807) is 34.6 Å². The number of amides is 1. The molecule has 0 atom stereocenters. The molecule has 1 amide bonds. The summed E-state index contributed by atoms with van der Waals surface area (Å²) in [6.07, 6.45) is -4.16. The van der Waals surface area contributed by atoms with Crippen molar-refractivity contribution in [3.63, 3.8) is 0 Å². The molecule has 0 aromatic carbocycles. The van der Waals surface area contributed by atoms with Gasteiger partial charge in [0.2, 0.25) is 0 Å². The van der Waals surface area contributed by atoms with Gasteiger partial charge in [0, 0.05) is 24.7 Å². The van der Waals surface area contributed by atoms with Gasteiger partial charge < -0.3 is 19.4 Å². The lowest BCUT2D eigenvalue weighted by Crippen LogP contribution is -2.34. The Morgan fingerprint density at radius 3 is 2.40 bits per heavy atom. The summed E-state index contributed by atoms with van der Waals surface area (Å²) >= 11 is 0. The highest BCUT2D eigenvalue weighted by atomic mass is 19.4. The Morgan fingerprint density at radius 2 is 1.87 bits per heavy atom. The van der Waals surface area contributed by atoms with Crippen LogP contribution in [-0.4, -0.2) is 40.4 Å². The fourth-order valence-corrected chi connectivity index (χ4v) is 3.04. The number of rotatable bonds is 6. The fourth-order valence-electron chi connectivity index (χ4n) is 3.04. The quantitative estimate of drug-likeness (QED) is 0.692. The molecule has 2 aromatic heterocycles. The van der Waals surface area contributed by atoms with Crippen molar-refractivity contribution in [3.8, 4) is 0 Å². The number of fused-ring (bicyclic) bond motifs is 1. The van der Waals surface area contributed by atoms with E-state index >= 15 is 0 Å². The van der Waals surface area contributed by atoms with E-state index in [4.69, 9.17) is 9.47 Å². The van der Waals surface area contributed by atoms with E-state index in [0.29, 0.717) is 12.0 Å². The van der Waals surface area contributed by atoms with Crippen LogP contribution >= 0.6 is 0 Å². The first-order valence-electron chi connectivity index (χ1n) is 9.61. The zero-order chi connectivity index (χ0) is 22.7. The third-order valence-electron chi connectivity index (χ3n) is 4.16. The molecule has 0 saturated carbocycles. The Morgan fingerprint density at radius 1 is 1.20 bits per heavy atom. The smallest absolute Gasteiger partial charge is 0.417 e. The molecule has 0 saturated heterocycles. The van der Waals surface area contributed by atoms with Crippen LogP contribution in [0.3, 0.4) is 0 Å². The molecule has 0 radical (unpaired) electrons. The van der Waals surface area contributed by atoms with Gasteiger partial charge >= 0.3 is 18.2 Å². The summed E-state index contributed by atoms with van der Waals surface area (Å²) in [4.78, 5) is 28.4. The summed E-state index contributed by atoms with van der Waals surface area (Å²) in [7, 11) is 0. The largest absolute Gasteiger partial charge is 0.461 e. The lowest BCUT2D eigenvalue weighted by atomic mass is 10.1. The number of pyridine rings is 1. The van der Waals surface area contributed by atoms with E-state index in [1.807, 2.05) is 0 Å². The number of halogens is 3. The van der Waals surface area contributed by atoms with Crippen LogP contribution in [-0.2, 0) is 28.6 Å². The minimum Gasteiger partial charge on any atom is -0.461 e. The van der Waals surface area contributed by atoms with Crippen LogP contribution in [0.5, 0.6) is 0 Å². The van der Waals surface area contributed by atoms with Crippen LogP contribution in [0.25, 0.3) is 11.0 Å². The monoisotopic (exact) mass is 429 g/mol. The Balaban J connectivity index is 2.46. The number of carbonyl (C=O) groups excluding carboxylic acids is 2. The van der Waals surface area contributed by atoms with Crippen molar-refractivity contribution in [2.24, 2.45) is 0 Å². The van der Waals surface area contributed by atoms with Gasteiger partial charge in [-0.25, -0.2) is 14.6 Å². The van der Waals surface area contributed by atoms with Gasteiger partial charge in [-0.3, -0.25) is 0 Å². The van der Waals surface area contributed by atoms with Crippen LogP contribution in [0.1, 0.15) is 56.2 Å². The molecule has 10 heteroatoms. The number of esters is 1. The molecule has 0 spiro atoms. The first-order chi connectivity index (χ1) is 13.9. The molecule has 1 N–H and O–H groups in total. The van der Waals surface area contributed by atoms with Gasteiger partial charge in [0.25, 0.3) is 0 Å². The number of aromatic nitrogens is 2. The highest BCUT2D eigenvalue weighted by molar-refractivity contribution is 5.98. The predicted molar refractivity (Wildman–Crippen MR) is 104 cm³/mol. The van der Waals surface area contributed by atoms with Crippen LogP contribution in [0.2, 0.25) is 0 Å². The maximum absolute atomic E-state index is 13.2. The minimum absolute atomic E-state index is 0.0803. The van der Waals surface area contributed by atoms with E-state index in [0.717, 1.165) is 12.3 Å². The van der Waals surface area contributed by atoms with Crippen molar-refractivity contribution in [3.05, 3.63) is 29.1 Å². The lowest BCUT2D eigenvalue weighted by molar-refractivity contribution is -0.137. The number of alkyl halides is 3. The van der Waals surface area contributed by atoms with E-state index in [-0.39, 0.29) is 36.4 Å². The first kappa shape index (κ1) is 23.5. The van der Waals surface area contributed by atoms with Crippen LogP contribution in [0.4, 0.5) is 18.0 Å². The van der Waals surface area contributed by atoms with E-state index in [9.17, 15) is 22.8 Å². The van der Waals surface area contributed by atoms with Crippen molar-refractivity contribution in [1.29, 1.82) is 0 Å². The molecule has 166 valence electrons. The Bertz CT molecular complexity index is 930. The second kappa shape index (κ2) is 8.93. The average molecular weight is 429 g/mol. The second-order valence-corrected chi connectivity index (χ2v) is 7.57. The summed E-state index contributed by atoms with van der Waals surface area (Å²) in [6.45, 7) is 8.84. The van der Waals surface area contributed by atoms with Crippen LogP contribution in [0.15, 0.2) is 12.3 Å². The van der Waals surface area contributed by atoms with Gasteiger partial charge in [0.05, 0.1) is 12.2 Å². The third kappa shape index (κ3) is 5.43. The van der Waals surface area contributed by atoms with Crippen molar-refractivity contribution >= 4 is 23.1 Å². The fraction of sp³-hybridized carbons (Fsp3) is 0.550. The molecule has 2 heterocycles. The average Bonchev–Trinajstić information content (AvgIpc) is 2.92. The maximum Gasteiger partial charge on any atom is 0.417 e. The summed E-state index contributed by atoms with van der Waals surface area (Å²) in [6, 6.07) is 0.988. The molecule has 0 bridgehead atoms.